The Kier molecular flexibility index (Phi) is 8.44. The van der Waals surface area contributed by atoms with Crippen LogP contribution in [0.25, 0.3) is 11.3 Å². The van der Waals surface area contributed by atoms with Gasteiger partial charge in [-0.2, -0.15) is 0 Å². The smallest absolute Gasteiger partial charge is 0.165 e. The maximum Gasteiger partial charge on any atom is 0.165 e. The Morgan fingerprint density at radius 3 is 2.24 bits per heavy atom. The number of rotatable bonds is 11. The third kappa shape index (κ3) is 6.49. The van der Waals surface area contributed by atoms with Crippen molar-refractivity contribution in [3.8, 4) is 17.0 Å². The van der Waals surface area contributed by atoms with Crippen LogP contribution in [0.15, 0.2) is 36.5 Å². The summed E-state index contributed by atoms with van der Waals surface area (Å²) in [6.45, 7) is 2.25. The van der Waals surface area contributed by atoms with Crippen LogP contribution >= 0.6 is 0 Å². The van der Waals surface area contributed by atoms with Crippen molar-refractivity contribution in [1.82, 2.24) is 4.98 Å². The minimum atomic E-state index is -0.357. The molecule has 1 aromatic carbocycles. The molecule has 3 heteroatoms. The number of halogens is 1. The fourth-order valence-electron chi connectivity index (χ4n) is 3.03. The van der Waals surface area contributed by atoms with E-state index in [1.54, 1.807) is 6.07 Å². The zero-order valence-corrected chi connectivity index (χ0v) is 15.6. The summed E-state index contributed by atoms with van der Waals surface area (Å²) in [5.74, 6) is -0.0973. The largest absolute Gasteiger partial charge is 0.494 e. The van der Waals surface area contributed by atoms with Crippen molar-refractivity contribution in [3.05, 3.63) is 47.9 Å². The second-order valence-corrected chi connectivity index (χ2v) is 6.63. The molecular formula is C22H30FNO. The minimum absolute atomic E-state index is 0.259. The van der Waals surface area contributed by atoms with Crippen molar-refractivity contribution >= 4 is 0 Å². The van der Waals surface area contributed by atoms with Crippen molar-refractivity contribution < 1.29 is 9.13 Å². The highest BCUT2D eigenvalue weighted by Crippen LogP contribution is 2.24. The van der Waals surface area contributed by atoms with E-state index >= 15 is 0 Å². The van der Waals surface area contributed by atoms with Gasteiger partial charge in [-0.3, -0.25) is 4.98 Å². The lowest BCUT2D eigenvalue weighted by molar-refractivity contribution is 0.386. The Hall–Kier alpha value is -1.90. The van der Waals surface area contributed by atoms with E-state index in [4.69, 9.17) is 4.74 Å². The number of methoxy groups -OCH3 is 1. The molecular weight excluding hydrogens is 313 g/mol. The molecule has 0 spiro atoms. The number of nitrogens with zero attached hydrogens (tertiary/aromatic N) is 1. The van der Waals surface area contributed by atoms with Crippen LogP contribution < -0.4 is 4.74 Å². The normalized spacial score (nSPS) is 10.8. The van der Waals surface area contributed by atoms with Gasteiger partial charge in [-0.15, -0.1) is 0 Å². The van der Waals surface area contributed by atoms with Gasteiger partial charge in [-0.1, -0.05) is 57.9 Å². The van der Waals surface area contributed by atoms with Crippen LogP contribution in [0.1, 0.15) is 63.9 Å². The van der Waals surface area contributed by atoms with E-state index in [1.165, 1.54) is 70.1 Å². The van der Waals surface area contributed by atoms with E-state index < -0.39 is 0 Å². The van der Waals surface area contributed by atoms with E-state index in [-0.39, 0.29) is 11.6 Å². The summed E-state index contributed by atoms with van der Waals surface area (Å²) in [7, 11) is 1.47. The quantitative estimate of drug-likeness (QED) is 0.430. The van der Waals surface area contributed by atoms with E-state index in [9.17, 15) is 4.39 Å². The first-order valence-corrected chi connectivity index (χ1v) is 9.53. The van der Waals surface area contributed by atoms with Crippen LogP contribution in [0.2, 0.25) is 0 Å². The number of ether oxygens (including phenoxy) is 1. The number of hydrogen-bond donors (Lipinski definition) is 0. The third-order valence-corrected chi connectivity index (χ3v) is 4.59. The third-order valence-electron chi connectivity index (χ3n) is 4.59. The van der Waals surface area contributed by atoms with Crippen LogP contribution in [0.5, 0.6) is 5.75 Å². The summed E-state index contributed by atoms with van der Waals surface area (Å²) in [5, 5.41) is 0. The second kappa shape index (κ2) is 10.9. The molecule has 25 heavy (non-hydrogen) atoms. The lowest BCUT2D eigenvalue weighted by atomic mass is 10.0. The fraction of sp³-hybridized carbons (Fsp3) is 0.500. The molecule has 0 bridgehead atoms. The predicted molar refractivity (Wildman–Crippen MR) is 102 cm³/mol. The molecule has 2 aromatic rings. The second-order valence-electron chi connectivity index (χ2n) is 6.63. The van der Waals surface area contributed by atoms with Gasteiger partial charge in [-0.25, -0.2) is 4.39 Å². The van der Waals surface area contributed by atoms with Crippen molar-refractivity contribution in [2.45, 2.75) is 64.7 Å². The van der Waals surface area contributed by atoms with Crippen LogP contribution in [-0.4, -0.2) is 12.1 Å². The van der Waals surface area contributed by atoms with Crippen molar-refractivity contribution in [2.75, 3.05) is 7.11 Å². The summed E-state index contributed by atoms with van der Waals surface area (Å²) in [6.07, 6.45) is 13.6. The monoisotopic (exact) mass is 343 g/mol. The summed E-state index contributed by atoms with van der Waals surface area (Å²) in [6, 6.07) is 9.02. The Morgan fingerprint density at radius 2 is 1.64 bits per heavy atom. The number of unbranched alkanes of at least 4 members (excludes halogenated alkanes) is 7. The molecule has 0 unspecified atom stereocenters. The fourth-order valence-corrected chi connectivity index (χ4v) is 3.03. The molecule has 0 N–H and O–H groups in total. The summed E-state index contributed by atoms with van der Waals surface area (Å²) >= 11 is 0. The van der Waals surface area contributed by atoms with Gasteiger partial charge in [0.05, 0.1) is 12.8 Å². The topological polar surface area (TPSA) is 22.1 Å². The number of aryl methyl sites for hydroxylation is 1. The Bertz CT molecular complexity index is 624. The molecule has 0 saturated carbocycles. The summed E-state index contributed by atoms with van der Waals surface area (Å²) in [4.78, 5) is 4.49. The highest BCUT2D eigenvalue weighted by molar-refractivity contribution is 5.60. The van der Waals surface area contributed by atoms with E-state index in [2.05, 4.69) is 18.0 Å². The number of pyridine rings is 1. The van der Waals surface area contributed by atoms with Gasteiger partial charge in [0, 0.05) is 11.8 Å². The van der Waals surface area contributed by atoms with Gasteiger partial charge in [-0.05, 0) is 42.7 Å². The first-order valence-electron chi connectivity index (χ1n) is 9.53. The highest BCUT2D eigenvalue weighted by Gasteiger charge is 2.06. The molecule has 0 aliphatic heterocycles. The first kappa shape index (κ1) is 19.4. The molecule has 1 aromatic heterocycles. The highest BCUT2D eigenvalue weighted by atomic mass is 19.1. The first-order chi connectivity index (χ1) is 12.2. The number of aromatic nitrogens is 1. The predicted octanol–water partition coefficient (Wildman–Crippen LogP) is 6.58. The van der Waals surface area contributed by atoms with Crippen LogP contribution in [-0.2, 0) is 6.42 Å². The molecule has 136 valence electrons. The summed E-state index contributed by atoms with van der Waals surface area (Å²) in [5.41, 5.74) is 2.82. The van der Waals surface area contributed by atoms with Crippen LogP contribution in [0, 0.1) is 5.82 Å². The van der Waals surface area contributed by atoms with Crippen LogP contribution in [0.4, 0.5) is 4.39 Å². The lowest BCUT2D eigenvalue weighted by Gasteiger charge is -2.06. The molecule has 0 fully saturated rings. The lowest BCUT2D eigenvalue weighted by Crippen LogP contribution is -1.92. The Morgan fingerprint density at radius 1 is 0.920 bits per heavy atom. The molecule has 0 atom stereocenters. The average molecular weight is 343 g/mol. The maximum absolute atomic E-state index is 13.8. The molecule has 0 radical (unpaired) electrons. The average Bonchev–Trinajstić information content (AvgIpc) is 2.64. The van der Waals surface area contributed by atoms with Gasteiger partial charge in [0.25, 0.3) is 0 Å². The number of hydrogen-bond acceptors (Lipinski definition) is 2. The molecule has 0 aliphatic carbocycles. The maximum atomic E-state index is 13.8. The number of benzene rings is 1. The van der Waals surface area contributed by atoms with Crippen LogP contribution in [0.3, 0.4) is 0 Å². The van der Waals surface area contributed by atoms with Crippen molar-refractivity contribution in [2.24, 2.45) is 0 Å². The van der Waals surface area contributed by atoms with Crippen molar-refractivity contribution in [3.63, 3.8) is 0 Å². The molecule has 2 nitrogen and oxygen atoms in total. The molecule has 2 rings (SSSR count). The van der Waals surface area contributed by atoms with Gasteiger partial charge in [0.15, 0.2) is 11.6 Å². The Balaban J connectivity index is 1.75. The molecule has 0 amide bonds. The molecule has 1 heterocycles. The van der Waals surface area contributed by atoms with Gasteiger partial charge in [0.2, 0.25) is 0 Å². The van der Waals surface area contributed by atoms with Gasteiger partial charge < -0.3 is 4.74 Å². The standard InChI is InChI=1S/C22H30FNO/c1-3-4-5-6-7-8-9-10-11-18-12-14-21(24-17-18)19-13-15-22(25-2)20(23)16-19/h12-17H,3-11H2,1-2H3. The zero-order chi connectivity index (χ0) is 17.9. The zero-order valence-electron chi connectivity index (χ0n) is 15.6. The van der Waals surface area contributed by atoms with Gasteiger partial charge in [0.1, 0.15) is 0 Å². The van der Waals surface area contributed by atoms with Gasteiger partial charge >= 0.3 is 0 Å². The summed E-state index contributed by atoms with van der Waals surface area (Å²) < 4.78 is 18.8. The SMILES string of the molecule is CCCCCCCCCCc1ccc(-c2ccc(OC)c(F)c2)nc1. The van der Waals surface area contributed by atoms with E-state index in [0.717, 1.165) is 17.7 Å². The molecule has 0 aliphatic rings. The minimum Gasteiger partial charge on any atom is -0.494 e. The Labute approximate surface area is 151 Å². The van der Waals surface area contributed by atoms with E-state index in [0.29, 0.717) is 0 Å². The molecule has 0 saturated heterocycles. The van der Waals surface area contributed by atoms with Crippen molar-refractivity contribution in [1.29, 1.82) is 0 Å². The van der Waals surface area contributed by atoms with E-state index in [1.807, 2.05) is 18.3 Å².